The Labute approximate surface area is 130 Å². The zero-order chi connectivity index (χ0) is 15.2. The third-order valence-corrected chi connectivity index (χ3v) is 3.52. The van der Waals surface area contributed by atoms with E-state index in [1.165, 1.54) is 11.8 Å². The highest BCUT2D eigenvalue weighted by Gasteiger charge is 2.08. The molecule has 0 amide bonds. The lowest BCUT2D eigenvalue weighted by Gasteiger charge is -2.08. The van der Waals surface area contributed by atoms with E-state index in [1.54, 1.807) is 0 Å². The molecule has 0 aliphatic carbocycles. The first-order valence-electron chi connectivity index (χ1n) is 7.22. The minimum absolute atomic E-state index is 0.732. The normalized spacial score (nSPS) is 10.7. The quantitative estimate of drug-likeness (QED) is 0.651. The molecular formula is C15H21N5S. The molecule has 0 saturated heterocycles. The van der Waals surface area contributed by atoms with Crippen LogP contribution >= 0.6 is 11.8 Å². The molecular weight excluding hydrogens is 282 g/mol. The van der Waals surface area contributed by atoms with Crippen LogP contribution in [0.4, 0.5) is 5.82 Å². The minimum atomic E-state index is 0.732. The first-order valence-corrected chi connectivity index (χ1v) is 8.04. The molecule has 1 N–H and O–H groups in total. The SMILES string of the molecule is CCCc1nc(NCC)cc(Sc2nc(C)cc(C)n2)n1. The summed E-state index contributed by atoms with van der Waals surface area (Å²) in [5, 5.41) is 4.87. The number of aryl methyl sites for hydroxylation is 3. The molecule has 0 bridgehead atoms. The van der Waals surface area contributed by atoms with E-state index in [0.717, 1.165) is 52.6 Å². The number of nitrogens with zero attached hydrogens (tertiary/aromatic N) is 4. The van der Waals surface area contributed by atoms with Crippen LogP contribution in [-0.4, -0.2) is 26.5 Å². The molecule has 0 aliphatic heterocycles. The molecule has 112 valence electrons. The maximum absolute atomic E-state index is 4.59. The molecule has 2 rings (SSSR count). The number of nitrogens with one attached hydrogen (secondary N) is 1. The van der Waals surface area contributed by atoms with Gasteiger partial charge < -0.3 is 5.32 Å². The van der Waals surface area contributed by atoms with Gasteiger partial charge in [0.1, 0.15) is 16.7 Å². The van der Waals surface area contributed by atoms with Crippen molar-refractivity contribution in [2.45, 2.75) is 50.7 Å². The highest BCUT2D eigenvalue weighted by atomic mass is 32.2. The summed E-state index contributed by atoms with van der Waals surface area (Å²) >= 11 is 1.48. The Kier molecular flexibility index (Phi) is 5.50. The summed E-state index contributed by atoms with van der Waals surface area (Å²) in [6.45, 7) is 8.98. The van der Waals surface area contributed by atoms with Gasteiger partial charge in [0.15, 0.2) is 5.16 Å². The molecule has 5 nitrogen and oxygen atoms in total. The van der Waals surface area contributed by atoms with Crippen molar-refractivity contribution in [2.75, 3.05) is 11.9 Å². The van der Waals surface area contributed by atoms with Crippen LogP contribution in [0.25, 0.3) is 0 Å². The van der Waals surface area contributed by atoms with E-state index < -0.39 is 0 Å². The maximum Gasteiger partial charge on any atom is 0.194 e. The summed E-state index contributed by atoms with van der Waals surface area (Å²) in [6, 6.07) is 3.92. The molecule has 0 fully saturated rings. The van der Waals surface area contributed by atoms with E-state index >= 15 is 0 Å². The average molecular weight is 303 g/mol. The van der Waals surface area contributed by atoms with Crippen LogP contribution in [0.1, 0.15) is 37.5 Å². The Morgan fingerprint density at radius 3 is 2.33 bits per heavy atom. The van der Waals surface area contributed by atoms with Crippen molar-refractivity contribution in [3.05, 3.63) is 29.3 Å². The van der Waals surface area contributed by atoms with Crippen molar-refractivity contribution < 1.29 is 0 Å². The number of aromatic nitrogens is 4. The van der Waals surface area contributed by atoms with Crippen molar-refractivity contribution in [2.24, 2.45) is 0 Å². The molecule has 0 spiro atoms. The zero-order valence-electron chi connectivity index (χ0n) is 13.0. The van der Waals surface area contributed by atoms with Crippen molar-refractivity contribution in [1.82, 2.24) is 19.9 Å². The summed E-state index contributed by atoms with van der Waals surface area (Å²) < 4.78 is 0. The first kappa shape index (κ1) is 15.7. The molecule has 0 unspecified atom stereocenters. The Balaban J connectivity index is 2.28. The largest absolute Gasteiger partial charge is 0.370 e. The zero-order valence-corrected chi connectivity index (χ0v) is 13.8. The van der Waals surface area contributed by atoms with Gasteiger partial charge in [0, 0.05) is 30.4 Å². The first-order chi connectivity index (χ1) is 10.1. The van der Waals surface area contributed by atoms with Crippen molar-refractivity contribution in [1.29, 1.82) is 0 Å². The highest BCUT2D eigenvalue weighted by Crippen LogP contribution is 2.25. The van der Waals surface area contributed by atoms with Gasteiger partial charge in [-0.15, -0.1) is 0 Å². The van der Waals surface area contributed by atoms with E-state index in [2.05, 4.69) is 39.1 Å². The van der Waals surface area contributed by atoms with Gasteiger partial charge in [-0.1, -0.05) is 6.92 Å². The standard InChI is InChI=1S/C15H21N5S/c1-5-7-12-19-13(16-6-2)9-14(20-12)21-15-17-10(3)8-11(4)18-15/h8-9H,5-7H2,1-4H3,(H,16,19,20). The van der Waals surface area contributed by atoms with Gasteiger partial charge >= 0.3 is 0 Å². The molecule has 2 aromatic rings. The van der Waals surface area contributed by atoms with Gasteiger partial charge in [0.05, 0.1) is 0 Å². The second-order valence-corrected chi connectivity index (χ2v) is 5.81. The van der Waals surface area contributed by atoms with Crippen LogP contribution in [0.15, 0.2) is 22.3 Å². The lowest BCUT2D eigenvalue weighted by molar-refractivity contribution is 0.808. The predicted octanol–water partition coefficient (Wildman–Crippen LogP) is 3.42. The monoisotopic (exact) mass is 303 g/mol. The lowest BCUT2D eigenvalue weighted by atomic mass is 10.3. The number of anilines is 1. The number of rotatable bonds is 6. The summed E-state index contributed by atoms with van der Waals surface area (Å²) in [7, 11) is 0. The summed E-state index contributed by atoms with van der Waals surface area (Å²) in [4.78, 5) is 18.0. The lowest BCUT2D eigenvalue weighted by Crippen LogP contribution is -2.04. The Bertz CT molecular complexity index is 571. The fourth-order valence-electron chi connectivity index (χ4n) is 1.96. The predicted molar refractivity (Wildman–Crippen MR) is 85.8 cm³/mol. The summed E-state index contributed by atoms with van der Waals surface area (Å²) in [5.41, 5.74) is 1.94. The van der Waals surface area contributed by atoms with Crippen molar-refractivity contribution in [3.63, 3.8) is 0 Å². The Hall–Kier alpha value is -1.69. The van der Waals surface area contributed by atoms with Gasteiger partial charge in [-0.05, 0) is 45.0 Å². The van der Waals surface area contributed by atoms with Crippen LogP contribution in [0.5, 0.6) is 0 Å². The topological polar surface area (TPSA) is 63.6 Å². The van der Waals surface area contributed by atoms with Crippen LogP contribution in [0.3, 0.4) is 0 Å². The molecule has 0 aromatic carbocycles. The number of hydrogen-bond donors (Lipinski definition) is 1. The van der Waals surface area contributed by atoms with Crippen molar-refractivity contribution in [3.8, 4) is 0 Å². The molecule has 0 aliphatic rings. The molecule has 21 heavy (non-hydrogen) atoms. The van der Waals surface area contributed by atoms with E-state index in [0.29, 0.717) is 0 Å². The van der Waals surface area contributed by atoms with Gasteiger partial charge in [0.2, 0.25) is 0 Å². The molecule has 2 heterocycles. The third-order valence-electron chi connectivity index (χ3n) is 2.74. The van der Waals surface area contributed by atoms with Gasteiger partial charge in [-0.2, -0.15) is 0 Å². The smallest absolute Gasteiger partial charge is 0.194 e. The second-order valence-electron chi connectivity index (χ2n) is 4.82. The summed E-state index contributed by atoms with van der Waals surface area (Å²) in [6.07, 6.45) is 1.90. The fraction of sp³-hybridized carbons (Fsp3) is 0.467. The maximum atomic E-state index is 4.59. The van der Waals surface area contributed by atoms with E-state index in [4.69, 9.17) is 0 Å². The van der Waals surface area contributed by atoms with Crippen LogP contribution in [-0.2, 0) is 6.42 Å². The Morgan fingerprint density at radius 2 is 1.71 bits per heavy atom. The van der Waals surface area contributed by atoms with Crippen LogP contribution in [0.2, 0.25) is 0 Å². The van der Waals surface area contributed by atoms with Crippen molar-refractivity contribution >= 4 is 17.6 Å². The van der Waals surface area contributed by atoms with Crippen LogP contribution < -0.4 is 5.32 Å². The molecule has 0 atom stereocenters. The van der Waals surface area contributed by atoms with Gasteiger partial charge in [-0.3, -0.25) is 0 Å². The second kappa shape index (κ2) is 7.36. The highest BCUT2D eigenvalue weighted by molar-refractivity contribution is 7.99. The van der Waals surface area contributed by atoms with E-state index in [1.807, 2.05) is 26.0 Å². The molecule has 6 heteroatoms. The fourth-order valence-corrected chi connectivity index (χ4v) is 2.85. The molecule has 2 aromatic heterocycles. The van der Waals surface area contributed by atoms with E-state index in [9.17, 15) is 0 Å². The van der Waals surface area contributed by atoms with Gasteiger partial charge in [-0.25, -0.2) is 19.9 Å². The van der Waals surface area contributed by atoms with Crippen LogP contribution in [0, 0.1) is 13.8 Å². The minimum Gasteiger partial charge on any atom is -0.370 e. The molecule has 0 saturated carbocycles. The van der Waals surface area contributed by atoms with Gasteiger partial charge in [0.25, 0.3) is 0 Å². The van der Waals surface area contributed by atoms with E-state index in [-0.39, 0.29) is 0 Å². The Morgan fingerprint density at radius 1 is 1.00 bits per heavy atom. The average Bonchev–Trinajstić information content (AvgIpc) is 2.37. The summed E-state index contributed by atoms with van der Waals surface area (Å²) in [5.74, 6) is 1.73. The third kappa shape index (κ3) is 4.67. The number of hydrogen-bond acceptors (Lipinski definition) is 6. The molecule has 0 radical (unpaired) electrons.